The average Bonchev–Trinajstić information content (AvgIpc) is 3.27. The summed E-state index contributed by atoms with van der Waals surface area (Å²) < 4.78 is 3.71. The fraction of sp³-hybridized carbons (Fsp3) is 0.350. The molecule has 0 N–H and O–H groups in total. The number of hydrogen-bond acceptors (Lipinski definition) is 4. The summed E-state index contributed by atoms with van der Waals surface area (Å²) in [6.45, 7) is 3.98. The molecule has 4 rings (SSSR count). The first kappa shape index (κ1) is 17.5. The van der Waals surface area contributed by atoms with E-state index in [1.54, 1.807) is 22.8 Å². The van der Waals surface area contributed by atoms with Crippen LogP contribution in [0.5, 0.6) is 0 Å². The highest BCUT2D eigenvalue weighted by molar-refractivity contribution is 5.92. The third-order valence-electron chi connectivity index (χ3n) is 4.87. The van der Waals surface area contributed by atoms with Gasteiger partial charge in [0.2, 0.25) is 0 Å². The fourth-order valence-corrected chi connectivity index (χ4v) is 3.50. The molecule has 0 unspecified atom stereocenters. The lowest BCUT2D eigenvalue weighted by Gasteiger charge is -2.27. The number of nitrogens with zero attached hydrogens (tertiary/aromatic N) is 6. The molecule has 1 aliphatic heterocycles. The van der Waals surface area contributed by atoms with E-state index in [1.165, 1.54) is 5.56 Å². The van der Waals surface area contributed by atoms with Crippen LogP contribution in [0.2, 0.25) is 0 Å². The Labute approximate surface area is 158 Å². The van der Waals surface area contributed by atoms with Crippen LogP contribution in [-0.4, -0.2) is 48.9 Å². The molecule has 0 saturated carbocycles. The minimum absolute atomic E-state index is 0.0598. The molecule has 0 aliphatic carbocycles. The Kier molecular flexibility index (Phi) is 4.77. The Bertz CT molecular complexity index is 929. The number of aromatic nitrogens is 4. The van der Waals surface area contributed by atoms with Gasteiger partial charge in [-0.3, -0.25) is 19.1 Å². The van der Waals surface area contributed by atoms with Crippen LogP contribution in [0, 0.1) is 0 Å². The van der Waals surface area contributed by atoms with Crippen molar-refractivity contribution in [2.45, 2.75) is 26.2 Å². The largest absolute Gasteiger partial charge is 0.336 e. The SMILES string of the molecule is CN(Cc1cnn(C)c1)C(=O)c1cc2n(n1)CCN(Cc1ccccc1)C2. The molecule has 1 aliphatic rings. The van der Waals surface area contributed by atoms with E-state index in [2.05, 4.69) is 39.4 Å². The molecule has 2 aromatic heterocycles. The second-order valence-electron chi connectivity index (χ2n) is 7.12. The minimum atomic E-state index is -0.0598. The van der Waals surface area contributed by atoms with Crippen LogP contribution >= 0.6 is 0 Å². The summed E-state index contributed by atoms with van der Waals surface area (Å²) >= 11 is 0. The van der Waals surface area contributed by atoms with Gasteiger partial charge in [0.15, 0.2) is 5.69 Å². The summed E-state index contributed by atoms with van der Waals surface area (Å²) in [5.74, 6) is -0.0598. The first-order chi connectivity index (χ1) is 13.1. The van der Waals surface area contributed by atoms with Gasteiger partial charge in [-0.05, 0) is 11.6 Å². The summed E-state index contributed by atoms with van der Waals surface area (Å²) in [6, 6.07) is 12.4. The predicted molar refractivity (Wildman–Crippen MR) is 102 cm³/mol. The van der Waals surface area contributed by atoms with Crippen LogP contribution in [0.3, 0.4) is 0 Å². The molecule has 0 saturated heterocycles. The molecule has 0 spiro atoms. The third kappa shape index (κ3) is 3.93. The second-order valence-corrected chi connectivity index (χ2v) is 7.12. The van der Waals surface area contributed by atoms with Crippen LogP contribution in [0.25, 0.3) is 0 Å². The van der Waals surface area contributed by atoms with Crippen LogP contribution in [-0.2, 0) is 33.2 Å². The van der Waals surface area contributed by atoms with Gasteiger partial charge in [-0.2, -0.15) is 10.2 Å². The fourth-order valence-electron chi connectivity index (χ4n) is 3.50. The highest BCUT2D eigenvalue weighted by atomic mass is 16.2. The number of carbonyl (C=O) groups excluding carboxylic acids is 1. The number of aryl methyl sites for hydroxylation is 1. The lowest BCUT2D eigenvalue weighted by molar-refractivity contribution is 0.0778. The van der Waals surface area contributed by atoms with Crippen molar-refractivity contribution in [1.82, 2.24) is 29.4 Å². The Hall–Kier alpha value is -2.93. The molecular formula is C20H24N6O. The zero-order chi connectivity index (χ0) is 18.8. The molecule has 1 amide bonds. The maximum absolute atomic E-state index is 12.8. The van der Waals surface area contributed by atoms with Crippen molar-refractivity contribution in [2.75, 3.05) is 13.6 Å². The van der Waals surface area contributed by atoms with E-state index in [4.69, 9.17) is 0 Å². The highest BCUT2D eigenvalue weighted by Crippen LogP contribution is 2.17. The maximum atomic E-state index is 12.8. The molecule has 3 heterocycles. The van der Waals surface area contributed by atoms with Gasteiger partial charge in [0.1, 0.15) is 0 Å². The molecular weight excluding hydrogens is 340 g/mol. The smallest absolute Gasteiger partial charge is 0.274 e. The molecule has 1 aromatic carbocycles. The van der Waals surface area contributed by atoms with Gasteiger partial charge in [0.05, 0.1) is 18.4 Å². The van der Waals surface area contributed by atoms with Gasteiger partial charge < -0.3 is 4.90 Å². The Morgan fingerprint density at radius 2 is 2.00 bits per heavy atom. The lowest BCUT2D eigenvalue weighted by atomic mass is 10.2. The van der Waals surface area contributed by atoms with Gasteiger partial charge in [-0.15, -0.1) is 0 Å². The molecule has 0 fully saturated rings. The number of hydrogen-bond donors (Lipinski definition) is 0. The van der Waals surface area contributed by atoms with Crippen LogP contribution < -0.4 is 0 Å². The quantitative estimate of drug-likeness (QED) is 0.694. The van der Waals surface area contributed by atoms with Crippen molar-refractivity contribution in [1.29, 1.82) is 0 Å². The topological polar surface area (TPSA) is 59.2 Å². The van der Waals surface area contributed by atoms with Crippen molar-refractivity contribution >= 4 is 5.91 Å². The molecule has 7 nitrogen and oxygen atoms in total. The zero-order valence-electron chi connectivity index (χ0n) is 15.7. The standard InChI is InChI=1S/C20H24N6O/c1-23(12-17-11-21-24(2)13-17)20(27)19-10-18-15-25(8-9-26(18)22-19)14-16-6-4-3-5-7-16/h3-7,10-11,13H,8-9,12,14-15H2,1-2H3. The van der Waals surface area contributed by atoms with Gasteiger partial charge in [0, 0.05) is 52.0 Å². The molecule has 140 valence electrons. The van der Waals surface area contributed by atoms with Crippen molar-refractivity contribution in [2.24, 2.45) is 7.05 Å². The molecule has 3 aromatic rings. The van der Waals surface area contributed by atoms with Crippen LogP contribution in [0.4, 0.5) is 0 Å². The van der Waals surface area contributed by atoms with E-state index in [9.17, 15) is 4.79 Å². The van der Waals surface area contributed by atoms with E-state index in [-0.39, 0.29) is 5.91 Å². The van der Waals surface area contributed by atoms with Crippen molar-refractivity contribution < 1.29 is 4.79 Å². The molecule has 0 bridgehead atoms. The Balaban J connectivity index is 1.42. The summed E-state index contributed by atoms with van der Waals surface area (Å²) in [7, 11) is 3.67. The maximum Gasteiger partial charge on any atom is 0.274 e. The lowest BCUT2D eigenvalue weighted by Crippen LogP contribution is -2.33. The second kappa shape index (κ2) is 7.36. The average molecular weight is 364 g/mol. The van der Waals surface area contributed by atoms with E-state index in [0.29, 0.717) is 12.2 Å². The van der Waals surface area contributed by atoms with E-state index in [1.807, 2.05) is 30.1 Å². The van der Waals surface area contributed by atoms with Gasteiger partial charge in [0.25, 0.3) is 5.91 Å². The number of benzene rings is 1. The Morgan fingerprint density at radius 3 is 2.74 bits per heavy atom. The van der Waals surface area contributed by atoms with Gasteiger partial charge in [-0.1, -0.05) is 30.3 Å². The summed E-state index contributed by atoms with van der Waals surface area (Å²) in [5, 5.41) is 8.69. The van der Waals surface area contributed by atoms with E-state index >= 15 is 0 Å². The Morgan fingerprint density at radius 1 is 1.19 bits per heavy atom. The van der Waals surface area contributed by atoms with Gasteiger partial charge in [-0.25, -0.2) is 0 Å². The van der Waals surface area contributed by atoms with Gasteiger partial charge >= 0.3 is 0 Å². The van der Waals surface area contributed by atoms with Crippen LogP contribution in [0.15, 0.2) is 48.8 Å². The number of rotatable bonds is 5. The number of carbonyl (C=O) groups is 1. The highest BCUT2D eigenvalue weighted by Gasteiger charge is 2.22. The van der Waals surface area contributed by atoms with Crippen molar-refractivity contribution in [3.8, 4) is 0 Å². The number of amides is 1. The predicted octanol–water partition coefficient (Wildman–Crippen LogP) is 1.90. The summed E-state index contributed by atoms with van der Waals surface area (Å²) in [4.78, 5) is 16.8. The van der Waals surface area contributed by atoms with Crippen LogP contribution in [0.1, 0.15) is 27.3 Å². The first-order valence-electron chi connectivity index (χ1n) is 9.14. The minimum Gasteiger partial charge on any atom is -0.336 e. The summed E-state index contributed by atoms with van der Waals surface area (Å²) in [5.41, 5.74) is 3.91. The molecule has 27 heavy (non-hydrogen) atoms. The van der Waals surface area contributed by atoms with Crippen molar-refractivity contribution in [3.05, 3.63) is 71.3 Å². The van der Waals surface area contributed by atoms with E-state index < -0.39 is 0 Å². The molecule has 0 radical (unpaired) electrons. The monoisotopic (exact) mass is 364 g/mol. The molecule has 7 heteroatoms. The number of fused-ring (bicyclic) bond motifs is 1. The third-order valence-corrected chi connectivity index (χ3v) is 4.87. The summed E-state index contributed by atoms with van der Waals surface area (Å²) in [6.07, 6.45) is 3.70. The first-order valence-corrected chi connectivity index (χ1v) is 9.14. The van der Waals surface area contributed by atoms with E-state index in [0.717, 1.165) is 37.4 Å². The normalized spacial score (nSPS) is 14.1. The zero-order valence-corrected chi connectivity index (χ0v) is 15.7. The molecule has 0 atom stereocenters. The van der Waals surface area contributed by atoms with Crippen molar-refractivity contribution in [3.63, 3.8) is 0 Å².